The SMILES string of the molecule is O=C([O-])CSc1scnc1C(=O)[O-].[Na+].[Na+]. The number of carboxylic acids is 2. The van der Waals surface area contributed by atoms with Gasteiger partial charge in [-0.15, -0.1) is 23.1 Å². The van der Waals surface area contributed by atoms with Gasteiger partial charge in [0, 0.05) is 5.75 Å². The van der Waals surface area contributed by atoms with E-state index in [1.165, 1.54) is 5.51 Å². The predicted molar refractivity (Wildman–Crippen MR) is 42.2 cm³/mol. The second-order valence-electron chi connectivity index (χ2n) is 1.94. The molecule has 0 fully saturated rings. The second-order valence-corrected chi connectivity index (χ2v) is 4.04. The Bertz CT molecular complexity index is 344. The molecule has 0 spiro atoms. The number of carbonyl (C=O) groups excluding carboxylic acids is 2. The summed E-state index contributed by atoms with van der Waals surface area (Å²) in [5, 5.41) is 20.4. The first-order chi connectivity index (χ1) is 6.11. The van der Waals surface area contributed by atoms with Crippen LogP contribution in [0.1, 0.15) is 10.5 Å². The van der Waals surface area contributed by atoms with Crippen molar-refractivity contribution in [3.05, 3.63) is 11.2 Å². The minimum absolute atomic E-state index is 0. The average Bonchev–Trinajstić information content (AvgIpc) is 2.47. The van der Waals surface area contributed by atoms with Gasteiger partial charge in [-0.05, 0) is 0 Å². The molecule has 1 aromatic rings. The number of hydrogen-bond donors (Lipinski definition) is 0. The van der Waals surface area contributed by atoms with E-state index in [2.05, 4.69) is 4.98 Å². The molecule has 0 saturated carbocycles. The van der Waals surface area contributed by atoms with Gasteiger partial charge in [-0.2, -0.15) is 0 Å². The number of thioether (sulfide) groups is 1. The van der Waals surface area contributed by atoms with Crippen molar-refractivity contribution >= 4 is 35.0 Å². The Labute approximate surface area is 138 Å². The zero-order chi connectivity index (χ0) is 9.84. The minimum Gasteiger partial charge on any atom is -0.549 e. The maximum atomic E-state index is 10.4. The van der Waals surface area contributed by atoms with Crippen LogP contribution in [-0.2, 0) is 4.79 Å². The smallest absolute Gasteiger partial charge is 0.549 e. The molecule has 0 aliphatic rings. The fraction of sp³-hybridized carbons (Fsp3) is 0.167. The van der Waals surface area contributed by atoms with Gasteiger partial charge < -0.3 is 19.8 Å². The molecular formula is C6H3NNa2O4S2. The van der Waals surface area contributed by atoms with Crippen LogP contribution in [0.5, 0.6) is 0 Å². The molecule has 0 aliphatic carbocycles. The van der Waals surface area contributed by atoms with Gasteiger partial charge in [0.25, 0.3) is 0 Å². The molecule has 0 N–H and O–H groups in total. The Balaban J connectivity index is 0. The van der Waals surface area contributed by atoms with Crippen LogP contribution in [0.4, 0.5) is 0 Å². The van der Waals surface area contributed by atoms with Gasteiger partial charge >= 0.3 is 59.1 Å². The molecular weight excluding hydrogens is 260 g/mol. The molecule has 0 bridgehead atoms. The van der Waals surface area contributed by atoms with E-state index in [4.69, 9.17) is 0 Å². The molecule has 70 valence electrons. The molecule has 15 heavy (non-hydrogen) atoms. The molecule has 0 radical (unpaired) electrons. The van der Waals surface area contributed by atoms with Crippen LogP contribution in [-0.4, -0.2) is 22.7 Å². The maximum absolute atomic E-state index is 10.4. The van der Waals surface area contributed by atoms with Crippen LogP contribution in [0.25, 0.3) is 0 Å². The van der Waals surface area contributed by atoms with Crippen molar-refractivity contribution in [1.82, 2.24) is 4.98 Å². The van der Waals surface area contributed by atoms with Crippen molar-refractivity contribution in [2.75, 3.05) is 5.75 Å². The number of aromatic nitrogens is 1. The van der Waals surface area contributed by atoms with Gasteiger partial charge in [-0.25, -0.2) is 4.98 Å². The molecule has 1 heterocycles. The Morgan fingerprint density at radius 2 is 2.00 bits per heavy atom. The number of carboxylic acid groups (broad SMARTS) is 2. The number of aliphatic carboxylic acids is 1. The second kappa shape index (κ2) is 9.00. The number of thiazole rings is 1. The molecule has 1 aromatic heterocycles. The summed E-state index contributed by atoms with van der Waals surface area (Å²) in [7, 11) is 0. The van der Waals surface area contributed by atoms with Crippen molar-refractivity contribution in [2.45, 2.75) is 4.21 Å². The van der Waals surface area contributed by atoms with Gasteiger partial charge in [-0.3, -0.25) is 0 Å². The monoisotopic (exact) mass is 263 g/mol. The summed E-state index contributed by atoms with van der Waals surface area (Å²) in [6.07, 6.45) is 0. The number of nitrogens with zero attached hydrogens (tertiary/aromatic N) is 1. The van der Waals surface area contributed by atoms with E-state index in [0.717, 1.165) is 23.1 Å². The van der Waals surface area contributed by atoms with E-state index in [1.807, 2.05) is 0 Å². The van der Waals surface area contributed by atoms with Crippen LogP contribution in [0.2, 0.25) is 0 Å². The third-order valence-electron chi connectivity index (χ3n) is 1.05. The summed E-state index contributed by atoms with van der Waals surface area (Å²) in [5.41, 5.74) is 1.11. The molecule has 0 aromatic carbocycles. The van der Waals surface area contributed by atoms with E-state index in [0.29, 0.717) is 4.21 Å². The zero-order valence-electron chi connectivity index (χ0n) is 8.18. The van der Waals surface area contributed by atoms with Gasteiger partial charge in [0.05, 0.1) is 21.7 Å². The Hall–Kier alpha value is 0.920. The Morgan fingerprint density at radius 1 is 1.40 bits per heavy atom. The van der Waals surface area contributed by atoms with Crippen molar-refractivity contribution in [3.63, 3.8) is 0 Å². The third kappa shape index (κ3) is 6.28. The average molecular weight is 263 g/mol. The van der Waals surface area contributed by atoms with Crippen LogP contribution in [0, 0.1) is 0 Å². The Kier molecular flexibility index (Phi) is 11.0. The molecule has 0 aliphatic heterocycles. The summed E-state index contributed by atoms with van der Waals surface area (Å²) in [5.74, 6) is -2.94. The molecule has 0 atom stereocenters. The molecule has 0 unspecified atom stereocenters. The molecule has 0 amide bonds. The van der Waals surface area contributed by atoms with Crippen molar-refractivity contribution in [3.8, 4) is 0 Å². The number of carbonyl (C=O) groups is 2. The molecule has 0 saturated heterocycles. The van der Waals surface area contributed by atoms with E-state index in [9.17, 15) is 19.8 Å². The van der Waals surface area contributed by atoms with Gasteiger partial charge in [0.1, 0.15) is 5.69 Å². The van der Waals surface area contributed by atoms with Gasteiger partial charge in [0.15, 0.2) is 0 Å². The van der Waals surface area contributed by atoms with E-state index >= 15 is 0 Å². The van der Waals surface area contributed by atoms with Crippen LogP contribution in [0.15, 0.2) is 9.72 Å². The fourth-order valence-electron chi connectivity index (χ4n) is 0.598. The predicted octanol–water partition coefficient (Wildman–Crippen LogP) is -7.64. The third-order valence-corrected chi connectivity index (χ3v) is 3.15. The zero-order valence-corrected chi connectivity index (χ0v) is 13.8. The normalized spacial score (nSPS) is 8.53. The van der Waals surface area contributed by atoms with E-state index in [1.54, 1.807) is 0 Å². The standard InChI is InChI=1S/C6H5NO4S2.2Na/c8-3(9)1-12-6-4(5(10)11)7-2-13-6;;/h2H,1H2,(H,8,9)(H,10,11);;/q;2*+1/p-2. The van der Waals surface area contributed by atoms with E-state index in [-0.39, 0.29) is 70.6 Å². The van der Waals surface area contributed by atoms with Crippen molar-refractivity contribution in [1.29, 1.82) is 0 Å². The molecule has 9 heteroatoms. The first kappa shape index (κ1) is 18.3. The van der Waals surface area contributed by atoms with Gasteiger partial charge in [0.2, 0.25) is 0 Å². The summed E-state index contributed by atoms with van der Waals surface area (Å²) < 4.78 is 0.323. The topological polar surface area (TPSA) is 93.2 Å². The number of hydrogen-bond acceptors (Lipinski definition) is 7. The van der Waals surface area contributed by atoms with Crippen LogP contribution >= 0.6 is 23.1 Å². The largest absolute Gasteiger partial charge is 1.00 e. The quantitative estimate of drug-likeness (QED) is 0.396. The van der Waals surface area contributed by atoms with Crippen molar-refractivity contribution < 1.29 is 78.9 Å². The number of aromatic carboxylic acids is 1. The van der Waals surface area contributed by atoms with E-state index < -0.39 is 11.9 Å². The molecule has 1 rings (SSSR count). The Morgan fingerprint density at radius 3 is 2.47 bits per heavy atom. The first-order valence-corrected chi connectivity index (χ1v) is 4.95. The van der Waals surface area contributed by atoms with Crippen molar-refractivity contribution in [2.24, 2.45) is 0 Å². The summed E-state index contributed by atoms with van der Waals surface area (Å²) in [6.45, 7) is 0. The maximum Gasteiger partial charge on any atom is 1.00 e. The van der Waals surface area contributed by atoms with Crippen LogP contribution in [0.3, 0.4) is 0 Å². The van der Waals surface area contributed by atoms with Crippen LogP contribution < -0.4 is 69.3 Å². The number of rotatable bonds is 4. The summed E-state index contributed by atoms with van der Waals surface area (Å²) in [4.78, 5) is 24.0. The first-order valence-electron chi connectivity index (χ1n) is 3.08. The summed E-state index contributed by atoms with van der Waals surface area (Å²) >= 11 is 1.92. The van der Waals surface area contributed by atoms with Gasteiger partial charge in [-0.1, -0.05) is 0 Å². The fourth-order valence-corrected chi connectivity index (χ4v) is 2.20. The molecule has 5 nitrogen and oxygen atoms in total. The summed E-state index contributed by atoms with van der Waals surface area (Å²) in [6, 6.07) is 0. The minimum atomic E-state index is -1.40.